The Bertz CT molecular complexity index is 851. The molecule has 0 saturated carbocycles. The van der Waals surface area contributed by atoms with Gasteiger partial charge >= 0.3 is 0 Å². The Kier molecular flexibility index (Phi) is 4.95. The van der Waals surface area contributed by atoms with Gasteiger partial charge in [0.2, 0.25) is 0 Å². The van der Waals surface area contributed by atoms with E-state index in [1.807, 2.05) is 0 Å². The molecule has 1 atom stereocenters. The van der Waals surface area contributed by atoms with Crippen molar-refractivity contribution < 1.29 is 14.3 Å². The molecule has 0 bridgehead atoms. The van der Waals surface area contributed by atoms with Crippen LogP contribution in [0.15, 0.2) is 18.2 Å². The third-order valence-corrected chi connectivity index (χ3v) is 5.71. The Hall–Kier alpha value is -2.52. The quantitative estimate of drug-likeness (QED) is 0.898. The molecule has 2 aromatic rings. The molecule has 1 aliphatic carbocycles. The maximum absolute atomic E-state index is 12.7. The number of rotatable bonds is 4. The predicted molar refractivity (Wildman–Crippen MR) is 97.7 cm³/mol. The maximum Gasteiger partial charge on any atom is 0.260 e. The van der Waals surface area contributed by atoms with E-state index >= 15 is 0 Å². The van der Waals surface area contributed by atoms with Gasteiger partial charge in [0.15, 0.2) is 0 Å². The van der Waals surface area contributed by atoms with Gasteiger partial charge in [-0.1, -0.05) is 6.92 Å². The normalized spacial score (nSPS) is 15.8. The van der Waals surface area contributed by atoms with Gasteiger partial charge in [-0.25, -0.2) is 0 Å². The average Bonchev–Trinajstić information content (AvgIpc) is 2.96. The molecular formula is C19H20N2O3S. The molecular weight excluding hydrogens is 336 g/mol. The van der Waals surface area contributed by atoms with Crippen LogP contribution in [0.4, 0.5) is 5.00 Å². The van der Waals surface area contributed by atoms with Gasteiger partial charge in [-0.3, -0.25) is 4.79 Å². The molecule has 1 aliphatic rings. The minimum Gasteiger partial charge on any atom is -0.497 e. The monoisotopic (exact) mass is 356 g/mol. The molecule has 0 spiro atoms. The number of nitrogens with one attached hydrogen (secondary N) is 1. The average molecular weight is 356 g/mol. The predicted octanol–water partition coefficient (Wildman–Crippen LogP) is 4.01. The van der Waals surface area contributed by atoms with Gasteiger partial charge in [0.25, 0.3) is 5.91 Å². The molecule has 1 amide bonds. The smallest absolute Gasteiger partial charge is 0.260 e. The lowest BCUT2D eigenvalue weighted by Crippen LogP contribution is -2.13. The summed E-state index contributed by atoms with van der Waals surface area (Å²) < 4.78 is 10.5. The number of hydrogen-bond donors (Lipinski definition) is 1. The van der Waals surface area contributed by atoms with Crippen LogP contribution in [-0.2, 0) is 12.8 Å². The topological polar surface area (TPSA) is 71.3 Å². The van der Waals surface area contributed by atoms with Gasteiger partial charge in [0.1, 0.15) is 22.6 Å². The molecule has 0 radical (unpaired) electrons. The highest BCUT2D eigenvalue weighted by atomic mass is 32.1. The van der Waals surface area contributed by atoms with E-state index < -0.39 is 0 Å². The zero-order valence-corrected chi connectivity index (χ0v) is 15.3. The van der Waals surface area contributed by atoms with Crippen molar-refractivity contribution in [2.45, 2.75) is 26.2 Å². The summed E-state index contributed by atoms with van der Waals surface area (Å²) in [5.41, 5.74) is 2.11. The second kappa shape index (κ2) is 7.16. The summed E-state index contributed by atoms with van der Waals surface area (Å²) in [6, 6.07) is 7.31. The fourth-order valence-corrected chi connectivity index (χ4v) is 4.31. The number of anilines is 1. The van der Waals surface area contributed by atoms with E-state index in [2.05, 4.69) is 18.3 Å². The van der Waals surface area contributed by atoms with Crippen molar-refractivity contribution in [3.05, 3.63) is 39.8 Å². The van der Waals surface area contributed by atoms with Crippen LogP contribution < -0.4 is 14.8 Å². The fraction of sp³-hybridized carbons (Fsp3) is 0.368. The highest BCUT2D eigenvalue weighted by Gasteiger charge is 2.25. The molecule has 0 aliphatic heterocycles. The van der Waals surface area contributed by atoms with Crippen molar-refractivity contribution in [1.29, 1.82) is 5.26 Å². The molecule has 1 aromatic carbocycles. The van der Waals surface area contributed by atoms with Crippen molar-refractivity contribution >= 4 is 22.2 Å². The van der Waals surface area contributed by atoms with E-state index in [0.717, 1.165) is 24.8 Å². The van der Waals surface area contributed by atoms with Gasteiger partial charge in [0.05, 0.1) is 25.3 Å². The fourth-order valence-electron chi connectivity index (χ4n) is 3.12. The summed E-state index contributed by atoms with van der Waals surface area (Å²) in [5, 5.41) is 13.1. The van der Waals surface area contributed by atoms with Gasteiger partial charge in [0, 0.05) is 10.9 Å². The van der Waals surface area contributed by atoms with E-state index in [9.17, 15) is 10.1 Å². The molecule has 1 heterocycles. The van der Waals surface area contributed by atoms with Gasteiger partial charge in [-0.2, -0.15) is 5.26 Å². The number of carbonyl (C=O) groups is 1. The Morgan fingerprint density at radius 1 is 1.36 bits per heavy atom. The molecule has 0 fully saturated rings. The first-order valence-electron chi connectivity index (χ1n) is 8.15. The number of hydrogen-bond acceptors (Lipinski definition) is 5. The second-order valence-electron chi connectivity index (χ2n) is 6.19. The summed E-state index contributed by atoms with van der Waals surface area (Å²) in [4.78, 5) is 13.9. The zero-order chi connectivity index (χ0) is 18.0. The van der Waals surface area contributed by atoms with E-state index in [-0.39, 0.29) is 5.91 Å². The van der Waals surface area contributed by atoms with Crippen molar-refractivity contribution in [3.63, 3.8) is 0 Å². The number of ether oxygens (including phenoxy) is 2. The van der Waals surface area contributed by atoms with E-state index in [1.165, 1.54) is 23.3 Å². The number of nitrogens with zero attached hydrogens (tertiary/aromatic N) is 1. The number of carbonyl (C=O) groups excluding carboxylic acids is 1. The number of methoxy groups -OCH3 is 2. The number of aryl methyl sites for hydroxylation is 1. The molecule has 3 rings (SSSR count). The van der Waals surface area contributed by atoms with E-state index in [1.54, 1.807) is 25.3 Å². The number of fused-ring (bicyclic) bond motifs is 1. The first-order chi connectivity index (χ1) is 12.1. The van der Waals surface area contributed by atoms with Crippen LogP contribution in [0.3, 0.4) is 0 Å². The second-order valence-corrected chi connectivity index (χ2v) is 7.29. The Labute approximate surface area is 151 Å². The van der Waals surface area contributed by atoms with Crippen LogP contribution in [0.5, 0.6) is 11.5 Å². The van der Waals surface area contributed by atoms with Crippen LogP contribution >= 0.6 is 11.3 Å². The van der Waals surface area contributed by atoms with Crippen molar-refractivity contribution in [3.8, 4) is 17.6 Å². The highest BCUT2D eigenvalue weighted by Crippen LogP contribution is 2.39. The summed E-state index contributed by atoms with van der Waals surface area (Å²) in [5.74, 6) is 1.33. The van der Waals surface area contributed by atoms with Crippen LogP contribution in [0.1, 0.15) is 39.7 Å². The molecule has 6 heteroatoms. The molecule has 25 heavy (non-hydrogen) atoms. The van der Waals surface area contributed by atoms with Crippen LogP contribution in [-0.4, -0.2) is 20.1 Å². The number of benzene rings is 1. The van der Waals surface area contributed by atoms with Gasteiger partial charge < -0.3 is 14.8 Å². The van der Waals surface area contributed by atoms with E-state index in [4.69, 9.17) is 9.47 Å². The SMILES string of the molecule is COc1ccc(C(=O)Nc2sc3c(c2C#N)C[C@@H](C)CC3)c(OC)c1. The Morgan fingerprint density at radius 3 is 2.84 bits per heavy atom. The third-order valence-electron chi connectivity index (χ3n) is 4.50. The summed E-state index contributed by atoms with van der Waals surface area (Å²) in [7, 11) is 3.07. The molecule has 0 saturated heterocycles. The van der Waals surface area contributed by atoms with Crippen LogP contribution in [0, 0.1) is 17.2 Å². The highest BCUT2D eigenvalue weighted by molar-refractivity contribution is 7.16. The molecule has 1 aromatic heterocycles. The first kappa shape index (κ1) is 17.3. The summed E-state index contributed by atoms with van der Waals surface area (Å²) in [6.07, 6.45) is 2.99. The first-order valence-corrected chi connectivity index (χ1v) is 8.97. The van der Waals surface area contributed by atoms with Crippen molar-refractivity contribution in [1.82, 2.24) is 0 Å². The number of thiophene rings is 1. The lowest BCUT2D eigenvalue weighted by Gasteiger charge is -2.17. The molecule has 5 nitrogen and oxygen atoms in total. The maximum atomic E-state index is 12.7. The summed E-state index contributed by atoms with van der Waals surface area (Å²) >= 11 is 1.51. The van der Waals surface area contributed by atoms with Crippen molar-refractivity contribution in [2.24, 2.45) is 5.92 Å². The minimum absolute atomic E-state index is 0.289. The molecule has 0 unspecified atom stereocenters. The van der Waals surface area contributed by atoms with Gasteiger partial charge in [-0.15, -0.1) is 11.3 Å². The van der Waals surface area contributed by atoms with Crippen LogP contribution in [0.25, 0.3) is 0 Å². The zero-order valence-electron chi connectivity index (χ0n) is 14.5. The lowest BCUT2D eigenvalue weighted by molar-refractivity contribution is 0.102. The molecule has 130 valence electrons. The van der Waals surface area contributed by atoms with Crippen LogP contribution in [0.2, 0.25) is 0 Å². The Balaban J connectivity index is 1.91. The Morgan fingerprint density at radius 2 is 2.16 bits per heavy atom. The van der Waals surface area contributed by atoms with Gasteiger partial charge in [-0.05, 0) is 42.9 Å². The van der Waals surface area contributed by atoms with E-state index in [0.29, 0.717) is 33.5 Å². The third kappa shape index (κ3) is 3.33. The summed E-state index contributed by atoms with van der Waals surface area (Å²) in [6.45, 7) is 2.20. The minimum atomic E-state index is -0.289. The standard InChI is InChI=1S/C19H20N2O3S/c1-11-4-7-17-14(8-11)15(10-20)19(25-17)21-18(22)13-6-5-12(23-2)9-16(13)24-3/h5-6,9,11H,4,7-8H2,1-3H3,(H,21,22)/t11-/m0/s1. The lowest BCUT2D eigenvalue weighted by atomic mass is 9.88. The van der Waals surface area contributed by atoms with Crippen molar-refractivity contribution in [2.75, 3.05) is 19.5 Å². The largest absolute Gasteiger partial charge is 0.497 e. The number of amides is 1. The number of nitriles is 1. The molecule has 1 N–H and O–H groups in total.